The molecule has 0 spiro atoms. The Morgan fingerprint density at radius 3 is 2.50 bits per heavy atom. The van der Waals surface area contributed by atoms with Gasteiger partial charge in [0.2, 0.25) is 5.91 Å². The Kier molecular flexibility index (Phi) is 4.96. The topological polar surface area (TPSA) is 60.3 Å². The lowest BCUT2D eigenvalue weighted by Crippen LogP contribution is -2.32. The van der Waals surface area contributed by atoms with Crippen LogP contribution in [0, 0.1) is 0 Å². The van der Waals surface area contributed by atoms with Crippen LogP contribution in [-0.4, -0.2) is 17.6 Å². The fraction of sp³-hybridized carbons (Fsp3) is 0.250. The normalized spacial score (nSPS) is 12.5. The van der Waals surface area contributed by atoms with Crippen molar-refractivity contribution < 1.29 is 22.7 Å². The van der Waals surface area contributed by atoms with Crippen LogP contribution >= 0.6 is 0 Å². The molecule has 0 bridgehead atoms. The number of nitrogens with zero attached hydrogens (tertiary/aromatic N) is 1. The summed E-state index contributed by atoms with van der Waals surface area (Å²) in [5.41, 5.74) is -1.35. The molecule has 5 nitrogen and oxygen atoms in total. The molecule has 0 saturated heterocycles. The molecule has 0 radical (unpaired) electrons. The van der Waals surface area contributed by atoms with Crippen molar-refractivity contribution in [2.45, 2.75) is 19.1 Å². The minimum Gasteiger partial charge on any atom is -0.495 e. The summed E-state index contributed by atoms with van der Waals surface area (Å²) in [6, 6.07) is 6.91. The van der Waals surface area contributed by atoms with Crippen LogP contribution in [0.2, 0.25) is 0 Å². The van der Waals surface area contributed by atoms with E-state index in [4.69, 9.17) is 4.74 Å². The number of hydrogen-bond donors (Lipinski definition) is 1. The maximum atomic E-state index is 12.8. The minimum absolute atomic E-state index is 0.358. The Bertz CT molecular complexity index is 800. The number of pyridine rings is 1. The molecule has 1 amide bonds. The average molecular weight is 340 g/mol. The van der Waals surface area contributed by atoms with E-state index in [0.717, 1.165) is 10.6 Å². The van der Waals surface area contributed by atoms with Gasteiger partial charge in [0.25, 0.3) is 5.56 Å². The smallest absolute Gasteiger partial charge is 0.417 e. The van der Waals surface area contributed by atoms with Crippen LogP contribution < -0.4 is 15.6 Å². The first-order valence-electron chi connectivity index (χ1n) is 6.97. The SMILES string of the molecule is COc1ccccc1NC(=O)C(C)n1cc(C(F)(F)F)ccc1=O. The van der Waals surface area contributed by atoms with E-state index in [1.807, 2.05) is 0 Å². The largest absolute Gasteiger partial charge is 0.495 e. The molecule has 1 unspecified atom stereocenters. The predicted octanol–water partition coefficient (Wildman–Crippen LogP) is 3.08. The van der Waals surface area contributed by atoms with Crippen molar-refractivity contribution in [2.75, 3.05) is 12.4 Å². The van der Waals surface area contributed by atoms with Crippen LogP contribution in [-0.2, 0) is 11.0 Å². The standard InChI is InChI=1S/C16H15F3N2O3/c1-10(15(23)20-12-5-3-4-6-13(12)24-2)21-9-11(16(17,18)19)7-8-14(21)22/h3-10H,1-2H3,(H,20,23). The molecular weight excluding hydrogens is 325 g/mol. The van der Waals surface area contributed by atoms with E-state index in [1.165, 1.54) is 14.0 Å². The van der Waals surface area contributed by atoms with E-state index in [9.17, 15) is 22.8 Å². The highest BCUT2D eigenvalue weighted by atomic mass is 19.4. The summed E-state index contributed by atoms with van der Waals surface area (Å²) >= 11 is 0. The molecule has 0 saturated carbocycles. The van der Waals surface area contributed by atoms with Gasteiger partial charge in [-0.3, -0.25) is 9.59 Å². The zero-order valence-corrected chi connectivity index (χ0v) is 12.9. The lowest BCUT2D eigenvalue weighted by molar-refractivity contribution is -0.138. The molecule has 0 aliphatic rings. The molecule has 128 valence electrons. The lowest BCUT2D eigenvalue weighted by atomic mass is 10.2. The number of rotatable bonds is 4. The number of hydrogen-bond acceptors (Lipinski definition) is 3. The Morgan fingerprint density at radius 1 is 1.21 bits per heavy atom. The summed E-state index contributed by atoms with van der Waals surface area (Å²) in [4.78, 5) is 24.1. The van der Waals surface area contributed by atoms with E-state index < -0.39 is 29.2 Å². The Hall–Kier alpha value is -2.77. The molecule has 0 aliphatic heterocycles. The number of anilines is 1. The van der Waals surface area contributed by atoms with Crippen molar-refractivity contribution >= 4 is 11.6 Å². The summed E-state index contributed by atoms with van der Waals surface area (Å²) in [6.07, 6.45) is -3.97. The van der Waals surface area contributed by atoms with Crippen LogP contribution in [0.5, 0.6) is 5.75 Å². The van der Waals surface area contributed by atoms with Gasteiger partial charge < -0.3 is 14.6 Å². The van der Waals surface area contributed by atoms with Gasteiger partial charge in [-0.25, -0.2) is 0 Å². The van der Waals surface area contributed by atoms with Crippen molar-refractivity contribution in [3.8, 4) is 5.75 Å². The summed E-state index contributed by atoms with van der Waals surface area (Å²) in [5.74, 6) is -0.240. The minimum atomic E-state index is -4.60. The highest BCUT2D eigenvalue weighted by Gasteiger charge is 2.32. The first-order chi connectivity index (χ1) is 11.2. The number of nitrogens with one attached hydrogen (secondary N) is 1. The summed E-state index contributed by atoms with van der Waals surface area (Å²) in [6.45, 7) is 1.34. The highest BCUT2D eigenvalue weighted by molar-refractivity contribution is 5.94. The first kappa shape index (κ1) is 17.6. The number of carbonyl (C=O) groups is 1. The molecule has 1 N–H and O–H groups in total. The second kappa shape index (κ2) is 6.77. The van der Waals surface area contributed by atoms with Gasteiger partial charge in [0.05, 0.1) is 18.4 Å². The summed E-state index contributed by atoms with van der Waals surface area (Å²) in [5, 5.41) is 2.54. The highest BCUT2D eigenvalue weighted by Crippen LogP contribution is 2.29. The van der Waals surface area contributed by atoms with Crippen LogP contribution in [0.3, 0.4) is 0 Å². The number of ether oxygens (including phenoxy) is 1. The number of benzene rings is 1. The van der Waals surface area contributed by atoms with Crippen LogP contribution in [0.25, 0.3) is 0 Å². The zero-order valence-electron chi connectivity index (χ0n) is 12.9. The van der Waals surface area contributed by atoms with Crippen LogP contribution in [0.4, 0.5) is 18.9 Å². The van der Waals surface area contributed by atoms with Gasteiger partial charge in [-0.1, -0.05) is 12.1 Å². The van der Waals surface area contributed by atoms with Crippen molar-refractivity contribution in [3.63, 3.8) is 0 Å². The van der Waals surface area contributed by atoms with E-state index >= 15 is 0 Å². The van der Waals surface area contributed by atoms with E-state index in [-0.39, 0.29) is 0 Å². The fourth-order valence-corrected chi connectivity index (χ4v) is 2.09. The van der Waals surface area contributed by atoms with Gasteiger partial charge in [0.1, 0.15) is 11.8 Å². The number of carbonyl (C=O) groups excluding carboxylic acids is 1. The molecule has 1 atom stereocenters. The third-order valence-electron chi connectivity index (χ3n) is 3.43. The van der Waals surface area contributed by atoms with Gasteiger partial charge in [0, 0.05) is 12.3 Å². The number of amides is 1. The summed E-state index contributed by atoms with van der Waals surface area (Å²) in [7, 11) is 1.42. The van der Waals surface area contributed by atoms with E-state index in [1.54, 1.807) is 24.3 Å². The number of alkyl halides is 3. The van der Waals surface area contributed by atoms with Gasteiger partial charge in [0.15, 0.2) is 0 Å². The molecule has 0 aliphatic carbocycles. The molecule has 2 rings (SSSR count). The second-order valence-electron chi connectivity index (χ2n) is 5.03. The van der Waals surface area contributed by atoms with Crippen molar-refractivity contribution in [3.05, 3.63) is 58.5 Å². The van der Waals surface area contributed by atoms with Gasteiger partial charge in [-0.2, -0.15) is 13.2 Å². The second-order valence-corrected chi connectivity index (χ2v) is 5.03. The Morgan fingerprint density at radius 2 is 1.88 bits per heavy atom. The monoisotopic (exact) mass is 340 g/mol. The zero-order chi connectivity index (χ0) is 17.9. The quantitative estimate of drug-likeness (QED) is 0.930. The molecular formula is C16H15F3N2O3. The molecule has 0 fully saturated rings. The van der Waals surface area contributed by atoms with Crippen LogP contribution in [0.1, 0.15) is 18.5 Å². The van der Waals surface area contributed by atoms with Gasteiger partial charge >= 0.3 is 6.18 Å². The Balaban J connectivity index is 2.30. The average Bonchev–Trinajstić information content (AvgIpc) is 2.54. The molecule has 1 aromatic carbocycles. The lowest BCUT2D eigenvalue weighted by Gasteiger charge is -2.18. The van der Waals surface area contributed by atoms with Crippen LogP contribution in [0.15, 0.2) is 47.4 Å². The molecule has 24 heavy (non-hydrogen) atoms. The van der Waals surface area contributed by atoms with E-state index in [0.29, 0.717) is 23.7 Å². The predicted molar refractivity (Wildman–Crippen MR) is 82.0 cm³/mol. The molecule has 1 aromatic heterocycles. The Labute approximate surface area is 135 Å². The molecule has 2 aromatic rings. The number of aromatic nitrogens is 1. The third kappa shape index (κ3) is 3.76. The molecule has 1 heterocycles. The fourth-order valence-electron chi connectivity index (χ4n) is 2.09. The summed E-state index contributed by atoms with van der Waals surface area (Å²) < 4.78 is 44.2. The number of para-hydroxylation sites is 2. The van der Waals surface area contributed by atoms with Gasteiger partial charge in [-0.15, -0.1) is 0 Å². The molecule has 8 heteroatoms. The maximum absolute atomic E-state index is 12.8. The van der Waals surface area contributed by atoms with Gasteiger partial charge in [-0.05, 0) is 25.1 Å². The van der Waals surface area contributed by atoms with Crippen molar-refractivity contribution in [1.29, 1.82) is 0 Å². The third-order valence-corrected chi connectivity index (χ3v) is 3.43. The first-order valence-corrected chi connectivity index (χ1v) is 6.97. The number of halogens is 3. The van der Waals surface area contributed by atoms with Crippen molar-refractivity contribution in [2.24, 2.45) is 0 Å². The maximum Gasteiger partial charge on any atom is 0.417 e. The number of methoxy groups -OCH3 is 1. The van der Waals surface area contributed by atoms with Crippen molar-refractivity contribution in [1.82, 2.24) is 4.57 Å². The van der Waals surface area contributed by atoms with E-state index in [2.05, 4.69) is 5.32 Å².